The number of carbonyl (C=O) groups is 1. The first kappa shape index (κ1) is 19.9. The number of sulfonamides is 1. The Bertz CT molecular complexity index is 849. The van der Waals surface area contributed by atoms with Gasteiger partial charge in [0.05, 0.1) is 17.7 Å². The molecule has 2 N–H and O–H groups in total. The minimum absolute atomic E-state index is 0.0745. The number of rotatable bonds is 8. The molecule has 0 atom stereocenters. The fraction of sp³-hybridized carbons (Fsp3) is 0.316. The molecular formula is C19H24N2O4S. The second kappa shape index (κ2) is 8.82. The molecule has 7 heteroatoms. The fourth-order valence-electron chi connectivity index (χ4n) is 2.30. The zero-order valence-electron chi connectivity index (χ0n) is 15.2. The summed E-state index contributed by atoms with van der Waals surface area (Å²) in [6, 6.07) is 13.1. The minimum Gasteiger partial charge on any atom is -0.495 e. The third kappa shape index (κ3) is 5.31. The third-order valence-electron chi connectivity index (χ3n) is 3.78. The van der Waals surface area contributed by atoms with Crippen LogP contribution in [0.25, 0.3) is 0 Å². The van der Waals surface area contributed by atoms with Gasteiger partial charge in [-0.3, -0.25) is 4.79 Å². The summed E-state index contributed by atoms with van der Waals surface area (Å²) in [4.78, 5) is 12.4. The SMILES string of the molecule is COc1ccc(S(=O)(=O)NCCC(C)C)cc1NC(=O)c1ccccc1. The number of nitrogens with one attached hydrogen (secondary N) is 2. The predicted molar refractivity (Wildman–Crippen MR) is 102 cm³/mol. The molecule has 0 unspecified atom stereocenters. The summed E-state index contributed by atoms with van der Waals surface area (Å²) in [5.41, 5.74) is 0.769. The second-order valence-corrected chi connectivity index (χ2v) is 8.03. The van der Waals surface area contributed by atoms with Crippen LogP contribution < -0.4 is 14.8 Å². The second-order valence-electron chi connectivity index (χ2n) is 6.26. The van der Waals surface area contributed by atoms with E-state index in [4.69, 9.17) is 4.74 Å². The van der Waals surface area contributed by atoms with Gasteiger partial charge in [0, 0.05) is 12.1 Å². The van der Waals surface area contributed by atoms with Gasteiger partial charge in [-0.15, -0.1) is 0 Å². The summed E-state index contributed by atoms with van der Waals surface area (Å²) in [5, 5.41) is 2.71. The van der Waals surface area contributed by atoms with Gasteiger partial charge in [0.15, 0.2) is 0 Å². The highest BCUT2D eigenvalue weighted by Crippen LogP contribution is 2.28. The maximum atomic E-state index is 12.5. The van der Waals surface area contributed by atoms with E-state index in [1.54, 1.807) is 24.3 Å². The van der Waals surface area contributed by atoms with E-state index < -0.39 is 10.0 Å². The van der Waals surface area contributed by atoms with E-state index in [-0.39, 0.29) is 10.8 Å². The van der Waals surface area contributed by atoms with Gasteiger partial charge in [-0.2, -0.15) is 0 Å². The number of methoxy groups -OCH3 is 1. The molecule has 0 bridgehead atoms. The summed E-state index contributed by atoms with van der Waals surface area (Å²) >= 11 is 0. The lowest BCUT2D eigenvalue weighted by atomic mass is 10.1. The Kier molecular flexibility index (Phi) is 6.76. The Morgan fingerprint density at radius 1 is 1.12 bits per heavy atom. The van der Waals surface area contributed by atoms with Gasteiger partial charge in [-0.25, -0.2) is 13.1 Å². The number of hydrogen-bond acceptors (Lipinski definition) is 4. The molecule has 0 spiro atoms. The topological polar surface area (TPSA) is 84.5 Å². The highest BCUT2D eigenvalue weighted by atomic mass is 32.2. The smallest absolute Gasteiger partial charge is 0.255 e. The number of anilines is 1. The van der Waals surface area contributed by atoms with Crippen molar-refractivity contribution in [2.24, 2.45) is 5.92 Å². The number of ether oxygens (including phenoxy) is 1. The molecule has 140 valence electrons. The summed E-state index contributed by atoms with van der Waals surface area (Å²) in [6.07, 6.45) is 0.743. The van der Waals surface area contributed by atoms with Crippen LogP contribution in [0.1, 0.15) is 30.6 Å². The fourth-order valence-corrected chi connectivity index (χ4v) is 3.37. The van der Waals surface area contributed by atoms with E-state index in [9.17, 15) is 13.2 Å². The summed E-state index contributed by atoms with van der Waals surface area (Å²) < 4.78 is 32.7. The van der Waals surface area contributed by atoms with Gasteiger partial charge in [0.1, 0.15) is 5.75 Å². The highest BCUT2D eigenvalue weighted by Gasteiger charge is 2.18. The van der Waals surface area contributed by atoms with Crippen molar-refractivity contribution < 1.29 is 17.9 Å². The number of hydrogen-bond donors (Lipinski definition) is 2. The van der Waals surface area contributed by atoms with Crippen molar-refractivity contribution in [3.8, 4) is 5.75 Å². The molecule has 0 saturated carbocycles. The molecular weight excluding hydrogens is 352 g/mol. The molecule has 26 heavy (non-hydrogen) atoms. The Labute approximate surface area is 154 Å². The van der Waals surface area contributed by atoms with Crippen LogP contribution in [-0.4, -0.2) is 28.0 Å². The van der Waals surface area contributed by atoms with E-state index in [1.807, 2.05) is 19.9 Å². The van der Waals surface area contributed by atoms with Crippen molar-refractivity contribution in [2.75, 3.05) is 19.0 Å². The Morgan fingerprint density at radius 3 is 2.42 bits per heavy atom. The van der Waals surface area contributed by atoms with Gasteiger partial charge >= 0.3 is 0 Å². The van der Waals surface area contributed by atoms with Crippen LogP contribution in [0, 0.1) is 5.92 Å². The zero-order chi connectivity index (χ0) is 19.2. The molecule has 0 aliphatic carbocycles. The molecule has 2 rings (SSSR count). The lowest BCUT2D eigenvalue weighted by Gasteiger charge is -2.13. The number of benzene rings is 2. The highest BCUT2D eigenvalue weighted by molar-refractivity contribution is 7.89. The van der Waals surface area contributed by atoms with E-state index >= 15 is 0 Å². The van der Waals surface area contributed by atoms with E-state index in [1.165, 1.54) is 25.3 Å². The zero-order valence-corrected chi connectivity index (χ0v) is 16.0. The Balaban J connectivity index is 2.23. The molecule has 0 heterocycles. The first-order valence-corrected chi connectivity index (χ1v) is 9.86. The van der Waals surface area contributed by atoms with Gasteiger partial charge in [-0.05, 0) is 42.7 Å². The van der Waals surface area contributed by atoms with Crippen LogP contribution in [0.15, 0.2) is 53.4 Å². The third-order valence-corrected chi connectivity index (χ3v) is 5.24. The largest absolute Gasteiger partial charge is 0.495 e. The molecule has 0 aliphatic heterocycles. The molecule has 0 fully saturated rings. The van der Waals surface area contributed by atoms with E-state index in [2.05, 4.69) is 10.0 Å². The van der Waals surface area contributed by atoms with Crippen molar-refractivity contribution in [2.45, 2.75) is 25.2 Å². The number of amides is 1. The standard InChI is InChI=1S/C19H24N2O4S/c1-14(2)11-12-20-26(23,24)16-9-10-18(25-3)17(13-16)21-19(22)15-7-5-4-6-8-15/h4-10,13-14,20H,11-12H2,1-3H3,(H,21,22). The molecule has 2 aromatic carbocycles. The monoisotopic (exact) mass is 376 g/mol. The lowest BCUT2D eigenvalue weighted by Crippen LogP contribution is -2.25. The predicted octanol–water partition coefficient (Wildman–Crippen LogP) is 3.27. The molecule has 6 nitrogen and oxygen atoms in total. The van der Waals surface area contributed by atoms with E-state index in [0.29, 0.717) is 29.5 Å². The lowest BCUT2D eigenvalue weighted by molar-refractivity contribution is 0.102. The van der Waals surface area contributed by atoms with Gasteiger partial charge in [0.25, 0.3) is 5.91 Å². The van der Waals surface area contributed by atoms with Crippen LogP contribution in [0.4, 0.5) is 5.69 Å². The summed E-state index contributed by atoms with van der Waals surface area (Å²) in [7, 11) is -2.20. The van der Waals surface area contributed by atoms with Crippen molar-refractivity contribution in [1.29, 1.82) is 0 Å². The van der Waals surface area contributed by atoms with Crippen molar-refractivity contribution in [1.82, 2.24) is 4.72 Å². The first-order chi connectivity index (χ1) is 12.3. The maximum absolute atomic E-state index is 12.5. The van der Waals surface area contributed by atoms with Crippen molar-refractivity contribution in [3.05, 3.63) is 54.1 Å². The molecule has 0 aliphatic rings. The molecule has 0 saturated heterocycles. The van der Waals surface area contributed by atoms with Gasteiger partial charge in [0.2, 0.25) is 10.0 Å². The van der Waals surface area contributed by atoms with Crippen LogP contribution in [-0.2, 0) is 10.0 Å². The Morgan fingerprint density at radius 2 is 1.81 bits per heavy atom. The van der Waals surface area contributed by atoms with Gasteiger partial charge < -0.3 is 10.1 Å². The molecule has 2 aromatic rings. The normalized spacial score (nSPS) is 11.4. The van der Waals surface area contributed by atoms with Crippen molar-refractivity contribution in [3.63, 3.8) is 0 Å². The van der Waals surface area contributed by atoms with Crippen LogP contribution in [0.5, 0.6) is 5.75 Å². The number of carbonyl (C=O) groups excluding carboxylic acids is 1. The molecule has 1 amide bonds. The summed E-state index contributed by atoms with van der Waals surface area (Å²) in [5.74, 6) is 0.441. The summed E-state index contributed by atoms with van der Waals surface area (Å²) in [6.45, 7) is 4.41. The van der Waals surface area contributed by atoms with E-state index in [0.717, 1.165) is 6.42 Å². The van der Waals surface area contributed by atoms with Crippen LogP contribution in [0.2, 0.25) is 0 Å². The Hall–Kier alpha value is -2.38. The molecule has 0 aromatic heterocycles. The molecule has 0 radical (unpaired) electrons. The minimum atomic E-state index is -3.66. The quantitative estimate of drug-likeness (QED) is 0.740. The van der Waals surface area contributed by atoms with Crippen LogP contribution in [0.3, 0.4) is 0 Å². The van der Waals surface area contributed by atoms with Crippen molar-refractivity contribution >= 4 is 21.6 Å². The average molecular weight is 376 g/mol. The van der Waals surface area contributed by atoms with Crippen LogP contribution >= 0.6 is 0 Å². The first-order valence-electron chi connectivity index (χ1n) is 8.37. The maximum Gasteiger partial charge on any atom is 0.255 e. The van der Waals surface area contributed by atoms with Gasteiger partial charge in [-0.1, -0.05) is 32.0 Å². The average Bonchev–Trinajstić information content (AvgIpc) is 2.61.